The highest BCUT2D eigenvalue weighted by atomic mass is 16.6. The largest absolute Gasteiger partial charge is 0.455 e. The fourth-order valence-corrected chi connectivity index (χ4v) is 2.21. The summed E-state index contributed by atoms with van der Waals surface area (Å²) < 4.78 is 5.17. The maximum atomic E-state index is 12.7. The Morgan fingerprint density at radius 1 is 0.875 bits per heavy atom. The summed E-state index contributed by atoms with van der Waals surface area (Å²) in [5, 5.41) is 11.2. The second-order valence-electron chi connectivity index (χ2n) is 6.69. The smallest absolute Gasteiger partial charge is 0.348 e. The fraction of sp³-hybridized carbons (Fsp3) is 0.300. The van der Waals surface area contributed by atoms with E-state index in [0.29, 0.717) is 11.1 Å². The van der Waals surface area contributed by atoms with E-state index in [9.17, 15) is 14.7 Å². The Balaban J connectivity index is 2.34. The molecule has 0 heterocycles. The summed E-state index contributed by atoms with van der Waals surface area (Å²) in [5.74, 6) is -1.07. The van der Waals surface area contributed by atoms with E-state index in [1.54, 1.807) is 81.4 Å². The average Bonchev–Trinajstić information content (AvgIpc) is 2.59. The van der Waals surface area contributed by atoms with Crippen LogP contribution >= 0.6 is 0 Å². The molecule has 0 fully saturated rings. The molecular formula is C20H22O4. The van der Waals surface area contributed by atoms with Crippen molar-refractivity contribution in [2.24, 2.45) is 5.41 Å². The maximum absolute atomic E-state index is 12.7. The third-order valence-corrected chi connectivity index (χ3v) is 3.85. The van der Waals surface area contributed by atoms with Gasteiger partial charge in [0.05, 0.1) is 0 Å². The molecule has 0 aliphatic rings. The van der Waals surface area contributed by atoms with Gasteiger partial charge >= 0.3 is 5.97 Å². The standard InChI is InChI=1S/C20H22O4/c1-19(2,3)17(21)14-24-18(22)20(23,15-10-6-4-7-11-15)16-12-8-5-9-13-16/h4-13,23H,14H2,1-3H3. The minimum absolute atomic E-state index is 0.209. The number of Topliss-reactive ketones (excluding diaryl/α,β-unsaturated/α-hetero) is 1. The van der Waals surface area contributed by atoms with Crippen LogP contribution in [0.2, 0.25) is 0 Å². The van der Waals surface area contributed by atoms with Crippen molar-refractivity contribution in [3.63, 3.8) is 0 Å². The molecule has 0 aliphatic heterocycles. The van der Waals surface area contributed by atoms with Crippen LogP contribution in [0.5, 0.6) is 0 Å². The molecule has 0 unspecified atom stereocenters. The zero-order valence-corrected chi connectivity index (χ0v) is 14.2. The van der Waals surface area contributed by atoms with Crippen molar-refractivity contribution in [3.8, 4) is 0 Å². The predicted octanol–water partition coefficient (Wildman–Crippen LogP) is 3.08. The van der Waals surface area contributed by atoms with Gasteiger partial charge in [-0.15, -0.1) is 0 Å². The minimum atomic E-state index is -1.96. The Morgan fingerprint density at radius 2 is 1.29 bits per heavy atom. The Morgan fingerprint density at radius 3 is 1.67 bits per heavy atom. The van der Waals surface area contributed by atoms with Crippen molar-refractivity contribution in [2.45, 2.75) is 26.4 Å². The molecule has 2 aromatic carbocycles. The molecule has 0 saturated heterocycles. The molecule has 2 rings (SSSR count). The number of esters is 1. The van der Waals surface area contributed by atoms with Crippen LogP contribution in [0.3, 0.4) is 0 Å². The first-order chi connectivity index (χ1) is 11.3. The third kappa shape index (κ3) is 3.71. The van der Waals surface area contributed by atoms with Crippen molar-refractivity contribution in [1.29, 1.82) is 0 Å². The van der Waals surface area contributed by atoms with Gasteiger partial charge < -0.3 is 9.84 Å². The van der Waals surface area contributed by atoms with Crippen LogP contribution in [0.15, 0.2) is 60.7 Å². The molecule has 0 saturated carbocycles. The zero-order valence-electron chi connectivity index (χ0n) is 14.2. The molecule has 4 heteroatoms. The quantitative estimate of drug-likeness (QED) is 0.858. The molecule has 24 heavy (non-hydrogen) atoms. The van der Waals surface area contributed by atoms with Crippen LogP contribution in [0.25, 0.3) is 0 Å². The highest BCUT2D eigenvalue weighted by Gasteiger charge is 2.42. The number of benzene rings is 2. The van der Waals surface area contributed by atoms with Crippen LogP contribution in [-0.4, -0.2) is 23.5 Å². The molecule has 4 nitrogen and oxygen atoms in total. The van der Waals surface area contributed by atoms with E-state index in [1.807, 2.05) is 0 Å². The number of carbonyl (C=O) groups is 2. The maximum Gasteiger partial charge on any atom is 0.348 e. The van der Waals surface area contributed by atoms with E-state index >= 15 is 0 Å². The first-order valence-electron chi connectivity index (χ1n) is 7.80. The summed E-state index contributed by atoms with van der Waals surface area (Å²) in [5.41, 5.74) is -1.78. The Labute approximate surface area is 142 Å². The molecule has 1 N–H and O–H groups in total. The predicted molar refractivity (Wildman–Crippen MR) is 91.3 cm³/mol. The molecule has 0 radical (unpaired) electrons. The average molecular weight is 326 g/mol. The molecule has 0 bridgehead atoms. The Bertz CT molecular complexity index is 660. The van der Waals surface area contributed by atoms with Crippen molar-refractivity contribution >= 4 is 11.8 Å². The minimum Gasteiger partial charge on any atom is -0.455 e. The van der Waals surface area contributed by atoms with E-state index < -0.39 is 17.0 Å². The monoisotopic (exact) mass is 326 g/mol. The number of carbonyl (C=O) groups excluding carboxylic acids is 2. The third-order valence-electron chi connectivity index (χ3n) is 3.85. The number of ketones is 1. The Kier molecular flexibility index (Phi) is 5.20. The lowest BCUT2D eigenvalue weighted by atomic mass is 9.86. The second-order valence-corrected chi connectivity index (χ2v) is 6.69. The summed E-state index contributed by atoms with van der Waals surface area (Å²) in [7, 11) is 0. The molecule has 0 aliphatic carbocycles. The summed E-state index contributed by atoms with van der Waals surface area (Å²) >= 11 is 0. The SMILES string of the molecule is CC(C)(C)C(=O)COC(=O)C(O)(c1ccccc1)c1ccccc1. The van der Waals surface area contributed by atoms with Crippen molar-refractivity contribution in [3.05, 3.63) is 71.8 Å². The van der Waals surface area contributed by atoms with Crippen molar-refractivity contribution in [2.75, 3.05) is 6.61 Å². The van der Waals surface area contributed by atoms with Crippen LogP contribution in [0.4, 0.5) is 0 Å². The molecule has 0 atom stereocenters. The number of rotatable bonds is 5. The van der Waals surface area contributed by atoms with Gasteiger partial charge in [-0.3, -0.25) is 4.79 Å². The zero-order chi connectivity index (χ0) is 17.8. The van der Waals surface area contributed by atoms with Gasteiger partial charge in [-0.2, -0.15) is 0 Å². The van der Waals surface area contributed by atoms with Crippen LogP contribution in [-0.2, 0) is 19.9 Å². The molecule has 0 spiro atoms. The van der Waals surface area contributed by atoms with Gasteiger partial charge in [0.2, 0.25) is 5.60 Å². The van der Waals surface area contributed by atoms with Gasteiger partial charge in [0.25, 0.3) is 0 Å². The highest BCUT2D eigenvalue weighted by Crippen LogP contribution is 2.31. The van der Waals surface area contributed by atoms with E-state index in [-0.39, 0.29) is 12.4 Å². The van der Waals surface area contributed by atoms with E-state index in [4.69, 9.17) is 4.74 Å². The number of hydrogen-bond acceptors (Lipinski definition) is 4. The van der Waals surface area contributed by atoms with Crippen molar-refractivity contribution in [1.82, 2.24) is 0 Å². The number of aliphatic hydroxyl groups is 1. The summed E-state index contributed by atoms with van der Waals surface area (Å²) in [4.78, 5) is 24.7. The van der Waals surface area contributed by atoms with Crippen LogP contribution < -0.4 is 0 Å². The van der Waals surface area contributed by atoms with E-state index in [0.717, 1.165) is 0 Å². The summed E-state index contributed by atoms with van der Waals surface area (Å²) in [6, 6.07) is 17.1. The van der Waals surface area contributed by atoms with Gasteiger partial charge in [-0.05, 0) is 11.1 Å². The lowest BCUT2D eigenvalue weighted by Crippen LogP contribution is -2.40. The fourth-order valence-electron chi connectivity index (χ4n) is 2.21. The molecular weight excluding hydrogens is 304 g/mol. The lowest BCUT2D eigenvalue weighted by Gasteiger charge is -2.27. The highest BCUT2D eigenvalue weighted by molar-refractivity contribution is 5.90. The summed E-state index contributed by atoms with van der Waals surface area (Å²) in [6.07, 6.45) is 0. The van der Waals surface area contributed by atoms with Gasteiger partial charge in [0.15, 0.2) is 12.4 Å². The normalized spacial score (nSPS) is 11.8. The van der Waals surface area contributed by atoms with Crippen molar-refractivity contribution < 1.29 is 19.4 Å². The molecule has 0 aromatic heterocycles. The topological polar surface area (TPSA) is 63.6 Å². The van der Waals surface area contributed by atoms with Crippen LogP contribution in [0, 0.1) is 5.41 Å². The van der Waals surface area contributed by atoms with E-state index in [2.05, 4.69) is 0 Å². The molecule has 0 amide bonds. The number of ether oxygens (including phenoxy) is 1. The first kappa shape index (κ1) is 17.9. The van der Waals surface area contributed by atoms with Gasteiger partial charge in [-0.25, -0.2) is 4.79 Å². The Hall–Kier alpha value is -2.46. The summed E-state index contributed by atoms with van der Waals surface area (Å²) in [6.45, 7) is 4.89. The first-order valence-corrected chi connectivity index (χ1v) is 7.80. The van der Waals surface area contributed by atoms with Crippen LogP contribution in [0.1, 0.15) is 31.9 Å². The molecule has 126 valence electrons. The second kappa shape index (κ2) is 6.97. The van der Waals surface area contributed by atoms with E-state index in [1.165, 1.54) is 0 Å². The van der Waals surface area contributed by atoms with Gasteiger partial charge in [-0.1, -0.05) is 81.4 Å². The van der Waals surface area contributed by atoms with Gasteiger partial charge in [0, 0.05) is 5.41 Å². The molecule has 2 aromatic rings. The lowest BCUT2D eigenvalue weighted by molar-refractivity contribution is -0.165. The number of hydrogen-bond donors (Lipinski definition) is 1. The van der Waals surface area contributed by atoms with Gasteiger partial charge in [0.1, 0.15) is 0 Å².